The molecule has 156 valence electrons. The van der Waals surface area contributed by atoms with Crippen LogP contribution in [0.5, 0.6) is 5.75 Å². The van der Waals surface area contributed by atoms with Crippen LogP contribution in [0.1, 0.15) is 47.4 Å². The summed E-state index contributed by atoms with van der Waals surface area (Å²) in [5.41, 5.74) is 1.71. The van der Waals surface area contributed by atoms with Gasteiger partial charge in [-0.25, -0.2) is 4.79 Å². The summed E-state index contributed by atoms with van der Waals surface area (Å²) < 4.78 is 10.8. The maximum Gasteiger partial charge on any atom is 0.338 e. The summed E-state index contributed by atoms with van der Waals surface area (Å²) in [6.45, 7) is 0.583. The summed E-state index contributed by atoms with van der Waals surface area (Å²) in [7, 11) is 1.65. The molecule has 0 spiro atoms. The molecule has 3 aromatic rings. The van der Waals surface area contributed by atoms with Crippen LogP contribution in [-0.4, -0.2) is 39.4 Å². The number of carbonyl (C=O) groups excluding carboxylic acids is 1. The van der Waals surface area contributed by atoms with Gasteiger partial charge in [0.25, 0.3) is 0 Å². The van der Waals surface area contributed by atoms with Crippen molar-refractivity contribution in [2.45, 2.75) is 44.8 Å². The van der Waals surface area contributed by atoms with Gasteiger partial charge in [0.15, 0.2) is 5.82 Å². The normalized spacial score (nSPS) is 18.7. The number of rotatable bonds is 7. The van der Waals surface area contributed by atoms with Gasteiger partial charge in [-0.3, -0.25) is 0 Å². The van der Waals surface area contributed by atoms with Crippen molar-refractivity contribution < 1.29 is 14.3 Å². The summed E-state index contributed by atoms with van der Waals surface area (Å²) >= 11 is 0. The van der Waals surface area contributed by atoms with Crippen LogP contribution in [0.4, 0.5) is 0 Å². The van der Waals surface area contributed by atoms with Gasteiger partial charge in [0.1, 0.15) is 11.9 Å². The van der Waals surface area contributed by atoms with Gasteiger partial charge in [-0.1, -0.05) is 30.3 Å². The largest absolute Gasteiger partial charge is 0.497 e. The number of nitrogens with zero attached hydrogens (tertiary/aromatic N) is 4. The first kappa shape index (κ1) is 20.1. The highest BCUT2D eigenvalue weighted by atomic mass is 16.5. The Morgan fingerprint density at radius 1 is 1.03 bits per heavy atom. The van der Waals surface area contributed by atoms with E-state index in [1.807, 2.05) is 42.5 Å². The maximum atomic E-state index is 12.2. The van der Waals surface area contributed by atoms with E-state index in [1.165, 1.54) is 0 Å². The molecule has 0 saturated heterocycles. The Labute approximate surface area is 176 Å². The number of esters is 1. The molecule has 0 atom stereocenters. The molecule has 2 aromatic carbocycles. The summed E-state index contributed by atoms with van der Waals surface area (Å²) in [5, 5.41) is 12.9. The van der Waals surface area contributed by atoms with Crippen molar-refractivity contribution >= 4 is 5.97 Å². The van der Waals surface area contributed by atoms with Crippen LogP contribution in [0.3, 0.4) is 0 Å². The zero-order valence-electron chi connectivity index (χ0n) is 17.1. The Bertz CT molecular complexity index is 948. The quantitative estimate of drug-likeness (QED) is 0.557. The lowest BCUT2D eigenvalue weighted by atomic mass is 9.85. The van der Waals surface area contributed by atoms with E-state index in [1.54, 1.807) is 24.0 Å². The zero-order valence-corrected chi connectivity index (χ0v) is 17.1. The van der Waals surface area contributed by atoms with Gasteiger partial charge in [-0.2, -0.15) is 4.80 Å². The third kappa shape index (κ3) is 5.23. The highest BCUT2D eigenvalue weighted by Gasteiger charge is 2.25. The first-order valence-electron chi connectivity index (χ1n) is 10.4. The van der Waals surface area contributed by atoms with Crippen molar-refractivity contribution in [1.29, 1.82) is 0 Å². The predicted molar refractivity (Wildman–Crippen MR) is 111 cm³/mol. The third-order valence-corrected chi connectivity index (χ3v) is 5.53. The average Bonchev–Trinajstić information content (AvgIpc) is 3.23. The monoisotopic (exact) mass is 406 g/mol. The second kappa shape index (κ2) is 9.52. The van der Waals surface area contributed by atoms with E-state index in [4.69, 9.17) is 9.47 Å². The van der Waals surface area contributed by atoms with Crippen LogP contribution in [0, 0.1) is 5.92 Å². The fourth-order valence-electron chi connectivity index (χ4n) is 3.83. The molecule has 0 N–H and O–H groups in total. The molecule has 1 heterocycles. The van der Waals surface area contributed by atoms with Gasteiger partial charge >= 0.3 is 5.97 Å². The molecule has 1 aromatic heterocycles. The number of hydrogen-bond acceptors (Lipinski definition) is 6. The summed E-state index contributed by atoms with van der Waals surface area (Å²) in [6, 6.07) is 17.0. The molecule has 4 rings (SSSR count). The van der Waals surface area contributed by atoms with E-state index in [0.29, 0.717) is 18.0 Å². The first-order chi connectivity index (χ1) is 14.7. The molecule has 1 aliphatic rings. The van der Waals surface area contributed by atoms with Crippen molar-refractivity contribution in [3.05, 3.63) is 71.5 Å². The minimum atomic E-state index is -0.234. The lowest BCUT2D eigenvalue weighted by molar-refractivity contribution is 0.0165. The summed E-state index contributed by atoms with van der Waals surface area (Å²) in [4.78, 5) is 13.8. The molecule has 1 saturated carbocycles. The minimum Gasteiger partial charge on any atom is -0.497 e. The van der Waals surface area contributed by atoms with Crippen molar-refractivity contribution in [2.75, 3.05) is 7.11 Å². The number of aromatic nitrogens is 4. The molecule has 0 amide bonds. The van der Waals surface area contributed by atoms with Crippen LogP contribution in [-0.2, 0) is 17.7 Å². The van der Waals surface area contributed by atoms with Crippen molar-refractivity contribution in [1.82, 2.24) is 20.2 Å². The highest BCUT2D eigenvalue weighted by Crippen LogP contribution is 2.28. The number of methoxy groups -OCH3 is 1. The van der Waals surface area contributed by atoms with Crippen LogP contribution in [0.2, 0.25) is 0 Å². The molecule has 30 heavy (non-hydrogen) atoms. The number of ether oxygens (including phenoxy) is 2. The zero-order chi connectivity index (χ0) is 20.8. The fourth-order valence-corrected chi connectivity index (χ4v) is 3.83. The molecule has 7 heteroatoms. The van der Waals surface area contributed by atoms with Crippen LogP contribution in [0.15, 0.2) is 54.6 Å². The molecule has 1 aliphatic carbocycles. The second-order valence-corrected chi connectivity index (χ2v) is 7.70. The van der Waals surface area contributed by atoms with Crippen LogP contribution < -0.4 is 4.74 Å². The smallest absolute Gasteiger partial charge is 0.338 e. The summed E-state index contributed by atoms with van der Waals surface area (Å²) in [6.07, 6.45) is 4.56. The summed E-state index contributed by atoms with van der Waals surface area (Å²) in [5.74, 6) is 1.86. The van der Waals surface area contributed by atoms with Crippen molar-refractivity contribution in [2.24, 2.45) is 5.92 Å². The van der Waals surface area contributed by atoms with Gasteiger partial charge in [0, 0.05) is 6.42 Å². The molecule has 7 nitrogen and oxygen atoms in total. The first-order valence-corrected chi connectivity index (χ1v) is 10.4. The number of tetrazole rings is 1. The lowest BCUT2D eigenvalue weighted by Gasteiger charge is -2.27. The Kier molecular flexibility index (Phi) is 6.37. The third-order valence-electron chi connectivity index (χ3n) is 5.53. The number of carbonyl (C=O) groups is 1. The molecular formula is C23H26N4O3. The molecule has 0 aliphatic heterocycles. The molecule has 0 unspecified atom stereocenters. The standard InChI is InChI=1S/C23H26N4O3/c1-29-20-11-9-18(10-12-20)16-27-25-22(24-26-27)15-17-7-13-21(14-8-17)30-23(28)19-5-3-2-4-6-19/h2-6,9-12,17,21H,7-8,13-16H2,1H3. The van der Waals surface area contributed by atoms with Gasteiger partial charge in [0.05, 0.1) is 19.2 Å². The topological polar surface area (TPSA) is 79.1 Å². The molecular weight excluding hydrogens is 380 g/mol. The van der Waals surface area contributed by atoms with E-state index in [-0.39, 0.29) is 12.1 Å². The van der Waals surface area contributed by atoms with E-state index in [2.05, 4.69) is 15.4 Å². The minimum absolute atomic E-state index is 0.00679. The second-order valence-electron chi connectivity index (χ2n) is 7.70. The van der Waals surface area contributed by atoms with E-state index < -0.39 is 0 Å². The van der Waals surface area contributed by atoms with Crippen LogP contribution in [0.25, 0.3) is 0 Å². The Hall–Kier alpha value is -3.22. The van der Waals surface area contributed by atoms with Gasteiger partial charge < -0.3 is 9.47 Å². The highest BCUT2D eigenvalue weighted by molar-refractivity contribution is 5.89. The van der Waals surface area contributed by atoms with Crippen LogP contribution >= 0.6 is 0 Å². The predicted octanol–water partition coefficient (Wildman–Crippen LogP) is 3.69. The van der Waals surface area contributed by atoms with E-state index in [0.717, 1.165) is 49.2 Å². The van der Waals surface area contributed by atoms with Gasteiger partial charge in [-0.15, -0.1) is 10.2 Å². The molecule has 1 fully saturated rings. The van der Waals surface area contributed by atoms with Gasteiger partial charge in [-0.05, 0) is 66.6 Å². The number of benzene rings is 2. The van der Waals surface area contributed by atoms with Gasteiger partial charge in [0.2, 0.25) is 0 Å². The number of hydrogen-bond donors (Lipinski definition) is 0. The lowest BCUT2D eigenvalue weighted by Crippen LogP contribution is -2.25. The Morgan fingerprint density at radius 2 is 1.77 bits per heavy atom. The average molecular weight is 406 g/mol. The SMILES string of the molecule is COc1ccc(Cn2nnc(CC3CCC(OC(=O)c4ccccc4)CC3)n2)cc1. The van der Waals surface area contributed by atoms with Crippen molar-refractivity contribution in [3.63, 3.8) is 0 Å². The van der Waals surface area contributed by atoms with E-state index in [9.17, 15) is 4.79 Å². The fraction of sp³-hybridized carbons (Fsp3) is 0.391. The van der Waals surface area contributed by atoms with E-state index >= 15 is 0 Å². The maximum absolute atomic E-state index is 12.2. The Morgan fingerprint density at radius 3 is 2.47 bits per heavy atom. The van der Waals surface area contributed by atoms with Crippen molar-refractivity contribution in [3.8, 4) is 5.75 Å². The molecule has 0 bridgehead atoms. The molecule has 0 radical (unpaired) electrons. The Balaban J connectivity index is 1.24.